The molecule has 0 aliphatic heterocycles. The van der Waals surface area contributed by atoms with E-state index in [1.807, 2.05) is 0 Å². The second kappa shape index (κ2) is 6.81. The van der Waals surface area contributed by atoms with Gasteiger partial charge in [-0.15, -0.1) is 0 Å². The lowest BCUT2D eigenvalue weighted by Crippen LogP contribution is -2.10. The first kappa shape index (κ1) is 15.1. The minimum atomic E-state index is -2.64. The van der Waals surface area contributed by atoms with Crippen LogP contribution in [0.3, 0.4) is 0 Å². The molecular formula is C11H12F2INO3. The van der Waals surface area contributed by atoms with Crippen molar-refractivity contribution in [2.45, 2.75) is 19.8 Å². The maximum absolute atomic E-state index is 12.7. The zero-order valence-electron chi connectivity index (χ0n) is 9.87. The summed E-state index contributed by atoms with van der Waals surface area (Å²) in [7, 11) is 1.37. The van der Waals surface area contributed by atoms with Crippen molar-refractivity contribution in [2.24, 2.45) is 0 Å². The van der Waals surface area contributed by atoms with E-state index >= 15 is 0 Å². The Morgan fingerprint density at radius 1 is 1.56 bits per heavy atom. The van der Waals surface area contributed by atoms with E-state index in [4.69, 9.17) is 9.47 Å². The number of carbonyl (C=O) groups is 1. The first-order chi connectivity index (χ1) is 8.49. The van der Waals surface area contributed by atoms with Gasteiger partial charge < -0.3 is 9.47 Å². The van der Waals surface area contributed by atoms with Gasteiger partial charge in [0.25, 0.3) is 6.43 Å². The number of esters is 1. The van der Waals surface area contributed by atoms with Gasteiger partial charge in [-0.1, -0.05) is 0 Å². The van der Waals surface area contributed by atoms with E-state index in [9.17, 15) is 13.6 Å². The summed E-state index contributed by atoms with van der Waals surface area (Å²) < 4.78 is 35.3. The number of rotatable bonds is 5. The third kappa shape index (κ3) is 3.76. The monoisotopic (exact) mass is 371 g/mol. The molecule has 0 bridgehead atoms. The molecule has 0 spiro atoms. The molecule has 0 N–H and O–H groups in total. The summed E-state index contributed by atoms with van der Waals surface area (Å²) in [6, 6.07) is 1.23. The summed E-state index contributed by atoms with van der Waals surface area (Å²) in [4.78, 5) is 15.3. The van der Waals surface area contributed by atoms with Crippen LogP contribution in [0, 0.1) is 3.70 Å². The number of carbonyl (C=O) groups excluding carboxylic acids is 1. The molecule has 0 radical (unpaired) electrons. The number of ether oxygens (including phenoxy) is 2. The van der Waals surface area contributed by atoms with Gasteiger partial charge in [0.15, 0.2) is 0 Å². The van der Waals surface area contributed by atoms with Crippen LogP contribution in [-0.4, -0.2) is 24.7 Å². The Bertz CT molecular complexity index is 441. The topological polar surface area (TPSA) is 48.4 Å². The number of hydrogen-bond donors (Lipinski definition) is 0. The van der Waals surface area contributed by atoms with Crippen LogP contribution in [0.2, 0.25) is 0 Å². The Morgan fingerprint density at radius 3 is 2.72 bits per heavy atom. The Balaban J connectivity index is 3.08. The van der Waals surface area contributed by atoms with Crippen molar-refractivity contribution in [1.82, 2.24) is 4.98 Å². The zero-order valence-corrected chi connectivity index (χ0v) is 12.0. The van der Waals surface area contributed by atoms with Crippen molar-refractivity contribution in [1.29, 1.82) is 0 Å². The highest BCUT2D eigenvalue weighted by atomic mass is 127. The Labute approximate surface area is 117 Å². The number of alkyl halides is 2. The van der Waals surface area contributed by atoms with Gasteiger partial charge in [0.05, 0.1) is 25.7 Å². The van der Waals surface area contributed by atoms with Crippen molar-refractivity contribution in [3.05, 3.63) is 20.9 Å². The molecule has 7 heteroatoms. The average molecular weight is 371 g/mol. The van der Waals surface area contributed by atoms with Crippen molar-refractivity contribution in [2.75, 3.05) is 13.7 Å². The number of methoxy groups -OCH3 is 1. The van der Waals surface area contributed by atoms with Gasteiger partial charge >= 0.3 is 5.97 Å². The summed E-state index contributed by atoms with van der Waals surface area (Å²) >= 11 is 1.70. The van der Waals surface area contributed by atoms with Gasteiger partial charge in [-0.05, 0) is 35.6 Å². The highest BCUT2D eigenvalue weighted by Gasteiger charge is 2.19. The van der Waals surface area contributed by atoms with Crippen molar-refractivity contribution >= 4 is 28.6 Å². The molecular weight excluding hydrogens is 359 g/mol. The largest absolute Gasteiger partial charge is 0.481 e. The lowest BCUT2D eigenvalue weighted by Gasteiger charge is -2.11. The summed E-state index contributed by atoms with van der Waals surface area (Å²) in [6.45, 7) is 1.91. The molecule has 0 aliphatic rings. The van der Waals surface area contributed by atoms with Gasteiger partial charge in [0.2, 0.25) is 5.88 Å². The molecule has 4 nitrogen and oxygen atoms in total. The lowest BCUT2D eigenvalue weighted by atomic mass is 10.1. The highest BCUT2D eigenvalue weighted by Crippen LogP contribution is 2.28. The average Bonchev–Trinajstić information content (AvgIpc) is 2.30. The predicted molar refractivity (Wildman–Crippen MR) is 68.8 cm³/mol. The van der Waals surface area contributed by atoms with E-state index < -0.39 is 12.4 Å². The molecule has 100 valence electrons. The molecule has 1 heterocycles. The number of hydrogen-bond acceptors (Lipinski definition) is 4. The Morgan fingerprint density at radius 2 is 2.22 bits per heavy atom. The predicted octanol–water partition coefficient (Wildman–Crippen LogP) is 2.74. The van der Waals surface area contributed by atoms with Gasteiger partial charge in [0.1, 0.15) is 3.70 Å². The summed E-state index contributed by atoms with van der Waals surface area (Å²) in [5, 5.41) is 0. The molecule has 1 aromatic heterocycles. The molecule has 0 aromatic carbocycles. The first-order valence-electron chi connectivity index (χ1n) is 5.16. The molecule has 0 amide bonds. The second-order valence-corrected chi connectivity index (χ2v) is 4.34. The Kier molecular flexibility index (Phi) is 5.70. The molecule has 0 saturated heterocycles. The normalized spacial score (nSPS) is 10.6. The van der Waals surface area contributed by atoms with Crippen LogP contribution in [0.4, 0.5) is 8.78 Å². The van der Waals surface area contributed by atoms with E-state index in [1.54, 1.807) is 29.5 Å². The van der Waals surface area contributed by atoms with Gasteiger partial charge in [-0.2, -0.15) is 0 Å². The number of halogens is 3. The van der Waals surface area contributed by atoms with E-state index in [-0.39, 0.29) is 28.2 Å². The van der Waals surface area contributed by atoms with E-state index in [0.29, 0.717) is 5.56 Å². The van der Waals surface area contributed by atoms with E-state index in [2.05, 4.69) is 4.98 Å². The molecule has 0 fully saturated rings. The molecule has 18 heavy (non-hydrogen) atoms. The van der Waals surface area contributed by atoms with Crippen LogP contribution in [0.25, 0.3) is 0 Å². The fourth-order valence-electron chi connectivity index (χ4n) is 1.36. The van der Waals surface area contributed by atoms with Crippen LogP contribution in [0.15, 0.2) is 6.07 Å². The highest BCUT2D eigenvalue weighted by molar-refractivity contribution is 14.1. The third-order valence-corrected chi connectivity index (χ3v) is 2.97. The maximum Gasteiger partial charge on any atom is 0.310 e. The van der Waals surface area contributed by atoms with E-state index in [1.165, 1.54) is 13.2 Å². The van der Waals surface area contributed by atoms with Gasteiger partial charge in [-0.25, -0.2) is 13.8 Å². The Hall–Kier alpha value is -0.990. The lowest BCUT2D eigenvalue weighted by molar-refractivity contribution is -0.142. The van der Waals surface area contributed by atoms with Crippen LogP contribution in [-0.2, 0) is 16.0 Å². The standard InChI is InChI=1S/C11H12F2INO3/c1-3-18-8(16)5-6-4-7(9(12)13)10(14)15-11(6)17-2/h4,9H,3,5H2,1-2H3. The third-order valence-electron chi connectivity index (χ3n) is 2.11. The minimum Gasteiger partial charge on any atom is -0.481 e. The molecule has 0 saturated carbocycles. The SMILES string of the molecule is CCOC(=O)Cc1cc(C(F)F)c(I)nc1OC. The fourth-order valence-corrected chi connectivity index (χ4v) is 1.97. The van der Waals surface area contributed by atoms with Crippen molar-refractivity contribution < 1.29 is 23.0 Å². The fraction of sp³-hybridized carbons (Fsp3) is 0.455. The van der Waals surface area contributed by atoms with Crippen LogP contribution in [0.5, 0.6) is 5.88 Å². The van der Waals surface area contributed by atoms with Gasteiger partial charge in [-0.3, -0.25) is 4.79 Å². The molecule has 0 unspecified atom stereocenters. The second-order valence-electron chi connectivity index (χ2n) is 3.32. The number of pyridine rings is 1. The molecule has 1 aromatic rings. The molecule has 0 aliphatic carbocycles. The molecule has 1 rings (SSSR count). The van der Waals surface area contributed by atoms with Gasteiger partial charge in [0, 0.05) is 5.56 Å². The number of aromatic nitrogens is 1. The van der Waals surface area contributed by atoms with Crippen LogP contribution < -0.4 is 4.74 Å². The summed E-state index contributed by atoms with van der Waals surface area (Å²) in [5.74, 6) is -0.337. The van der Waals surface area contributed by atoms with E-state index in [0.717, 1.165) is 0 Å². The zero-order chi connectivity index (χ0) is 13.7. The van der Waals surface area contributed by atoms with Crippen molar-refractivity contribution in [3.63, 3.8) is 0 Å². The van der Waals surface area contributed by atoms with Crippen molar-refractivity contribution in [3.8, 4) is 5.88 Å². The van der Waals surface area contributed by atoms with Crippen LogP contribution in [0.1, 0.15) is 24.5 Å². The summed E-state index contributed by atoms with van der Waals surface area (Å²) in [6.07, 6.45) is -2.78. The molecule has 0 atom stereocenters. The van der Waals surface area contributed by atoms with Crippen LogP contribution >= 0.6 is 22.6 Å². The number of nitrogens with zero attached hydrogens (tertiary/aromatic N) is 1. The first-order valence-corrected chi connectivity index (χ1v) is 6.24. The summed E-state index contributed by atoms with van der Waals surface area (Å²) in [5.41, 5.74) is 0.0855. The minimum absolute atomic E-state index is 0.138. The smallest absolute Gasteiger partial charge is 0.310 e. The maximum atomic E-state index is 12.7. The quantitative estimate of drug-likeness (QED) is 0.454.